The van der Waals surface area contributed by atoms with E-state index >= 15 is 0 Å². The van der Waals surface area contributed by atoms with E-state index in [9.17, 15) is 29.8 Å². The van der Waals surface area contributed by atoms with Gasteiger partial charge in [-0.05, 0) is 17.9 Å². The lowest BCUT2D eigenvalue weighted by atomic mass is 10.1. The van der Waals surface area contributed by atoms with Crippen LogP contribution in [0, 0.1) is 0 Å². The Morgan fingerprint density at radius 2 is 1.67 bits per heavy atom. The molecule has 2 aromatic carbocycles. The summed E-state index contributed by atoms with van der Waals surface area (Å²) < 4.78 is 92.7. The number of benzene rings is 2. The Morgan fingerprint density at radius 3 is 2.22 bits per heavy atom. The lowest BCUT2D eigenvalue weighted by Gasteiger charge is -2.16. The molecule has 148 valence electrons. The lowest BCUT2D eigenvalue weighted by molar-refractivity contribution is 0.317. The average Bonchev–Trinajstić information content (AvgIpc) is 2.57. The summed E-state index contributed by atoms with van der Waals surface area (Å²) in [4.78, 5) is -3.34. The Kier molecular flexibility index (Phi) is 5.97. The fraction of sp³-hybridized carbons (Fsp3) is 0.200. The maximum atomic E-state index is 12.7. The molecular formula is C15H16O9S3. The van der Waals surface area contributed by atoms with Crippen LogP contribution in [-0.2, 0) is 38.7 Å². The number of hydrogen-bond donors (Lipinski definition) is 1. The van der Waals surface area contributed by atoms with Gasteiger partial charge >= 0.3 is 10.1 Å². The molecule has 0 radical (unpaired) electrons. The van der Waals surface area contributed by atoms with Crippen LogP contribution in [0.5, 0.6) is 0 Å². The molecule has 0 atom stereocenters. The van der Waals surface area contributed by atoms with Gasteiger partial charge in [0.2, 0.25) is 0 Å². The summed E-state index contributed by atoms with van der Waals surface area (Å²) in [6, 6.07) is 6.38. The molecule has 0 saturated heterocycles. The highest BCUT2D eigenvalue weighted by Gasteiger charge is 2.37. The number of fused-ring (bicyclic) bond motifs is 1. The summed E-state index contributed by atoms with van der Waals surface area (Å²) in [5, 5.41) is -0.0615. The SMILES string of the molecule is C=COS(=O)(=O)c1c(S(=O)(=O)O)cc2ccccc2c1S(=O)(=O)OCCC. The van der Waals surface area contributed by atoms with Crippen LogP contribution in [0.15, 0.2) is 57.9 Å². The van der Waals surface area contributed by atoms with E-state index < -0.39 is 45.0 Å². The van der Waals surface area contributed by atoms with Crippen molar-refractivity contribution in [1.29, 1.82) is 0 Å². The first-order chi connectivity index (χ1) is 12.5. The van der Waals surface area contributed by atoms with Gasteiger partial charge in [0.25, 0.3) is 20.2 Å². The van der Waals surface area contributed by atoms with Crippen LogP contribution in [0.3, 0.4) is 0 Å². The smallest absolute Gasteiger partial charge is 0.341 e. The third kappa shape index (κ3) is 4.30. The van der Waals surface area contributed by atoms with E-state index in [4.69, 9.17) is 4.18 Å². The molecule has 0 saturated carbocycles. The van der Waals surface area contributed by atoms with Gasteiger partial charge in [0.1, 0.15) is 14.7 Å². The second kappa shape index (κ2) is 7.56. The normalized spacial score (nSPS) is 12.8. The minimum absolute atomic E-state index is 0.0568. The topological polar surface area (TPSA) is 141 Å². The van der Waals surface area contributed by atoms with E-state index in [1.165, 1.54) is 24.3 Å². The predicted octanol–water partition coefficient (Wildman–Crippen LogP) is 2.05. The molecule has 0 heterocycles. The largest absolute Gasteiger partial charge is 0.388 e. The predicted molar refractivity (Wildman–Crippen MR) is 95.7 cm³/mol. The van der Waals surface area contributed by atoms with E-state index in [2.05, 4.69) is 10.8 Å². The van der Waals surface area contributed by atoms with Gasteiger partial charge in [-0.1, -0.05) is 37.8 Å². The van der Waals surface area contributed by atoms with Gasteiger partial charge in [-0.15, -0.1) is 0 Å². The monoisotopic (exact) mass is 436 g/mol. The van der Waals surface area contributed by atoms with Crippen LogP contribution in [-0.4, -0.2) is 36.4 Å². The first-order valence-corrected chi connectivity index (χ1v) is 11.7. The van der Waals surface area contributed by atoms with Crippen molar-refractivity contribution in [2.45, 2.75) is 28.0 Å². The molecular weight excluding hydrogens is 420 g/mol. The van der Waals surface area contributed by atoms with Gasteiger partial charge in [0.05, 0.1) is 12.9 Å². The Morgan fingerprint density at radius 1 is 1.04 bits per heavy atom. The van der Waals surface area contributed by atoms with Gasteiger partial charge in [-0.3, -0.25) is 8.74 Å². The molecule has 0 amide bonds. The molecule has 1 N–H and O–H groups in total. The second-order valence-electron chi connectivity index (χ2n) is 5.22. The Bertz CT molecular complexity index is 1190. The Balaban J connectivity index is 3.15. The van der Waals surface area contributed by atoms with Crippen LogP contribution >= 0.6 is 0 Å². The van der Waals surface area contributed by atoms with Gasteiger partial charge in [-0.2, -0.15) is 25.3 Å². The highest BCUT2D eigenvalue weighted by atomic mass is 32.2. The van der Waals surface area contributed by atoms with E-state index in [-0.39, 0.29) is 17.4 Å². The van der Waals surface area contributed by atoms with Crippen LogP contribution in [0.2, 0.25) is 0 Å². The standard InChI is InChI=1S/C15H16O9S3/c1-3-9-24-26(19,20)14-12-8-6-5-7-11(12)10-13(25(16,17)18)15(14)27(21,22)23-4-2/h4-8,10H,2-3,9H2,1H3,(H,16,17,18). The Labute approximate surface area is 157 Å². The van der Waals surface area contributed by atoms with Crippen molar-refractivity contribution in [3.05, 3.63) is 43.2 Å². The first-order valence-electron chi connectivity index (χ1n) is 7.42. The van der Waals surface area contributed by atoms with Crippen molar-refractivity contribution in [3.63, 3.8) is 0 Å². The molecule has 9 nitrogen and oxygen atoms in total. The first kappa shape index (κ1) is 21.3. The second-order valence-corrected chi connectivity index (χ2v) is 9.67. The van der Waals surface area contributed by atoms with Crippen molar-refractivity contribution < 1.29 is 38.2 Å². The molecule has 2 rings (SSSR count). The van der Waals surface area contributed by atoms with Crippen molar-refractivity contribution in [3.8, 4) is 0 Å². The maximum Gasteiger partial charge on any atom is 0.341 e. The van der Waals surface area contributed by atoms with Crippen molar-refractivity contribution in [1.82, 2.24) is 0 Å². The molecule has 0 spiro atoms. The van der Waals surface area contributed by atoms with Gasteiger partial charge in [-0.25, -0.2) is 0 Å². The quantitative estimate of drug-likeness (QED) is 0.374. The van der Waals surface area contributed by atoms with Gasteiger partial charge in [0.15, 0.2) is 0 Å². The zero-order chi connectivity index (χ0) is 20.5. The maximum absolute atomic E-state index is 12.7. The van der Waals surface area contributed by atoms with E-state index in [0.29, 0.717) is 12.7 Å². The summed E-state index contributed by atoms with van der Waals surface area (Å²) in [5.74, 6) is 0. The van der Waals surface area contributed by atoms with Crippen molar-refractivity contribution >= 4 is 41.1 Å². The van der Waals surface area contributed by atoms with Crippen LogP contribution in [0.1, 0.15) is 13.3 Å². The van der Waals surface area contributed by atoms with Gasteiger partial charge < -0.3 is 4.18 Å². The number of hydrogen-bond acceptors (Lipinski definition) is 8. The zero-order valence-corrected chi connectivity index (χ0v) is 16.5. The summed E-state index contributed by atoms with van der Waals surface area (Å²) in [6.07, 6.45) is 0.780. The Hall–Kier alpha value is -1.99. The molecule has 27 heavy (non-hydrogen) atoms. The van der Waals surface area contributed by atoms with Crippen LogP contribution < -0.4 is 0 Å². The minimum atomic E-state index is -5.14. The van der Waals surface area contributed by atoms with Crippen LogP contribution in [0.25, 0.3) is 10.8 Å². The lowest BCUT2D eigenvalue weighted by Crippen LogP contribution is -2.18. The molecule has 0 aliphatic rings. The molecule has 12 heteroatoms. The third-order valence-electron chi connectivity index (χ3n) is 3.34. The van der Waals surface area contributed by atoms with Crippen LogP contribution in [0.4, 0.5) is 0 Å². The summed E-state index contributed by atoms with van der Waals surface area (Å²) in [7, 11) is -14.8. The molecule has 0 bridgehead atoms. The number of rotatable bonds is 8. The fourth-order valence-corrected chi connectivity index (χ4v) is 6.46. The molecule has 0 aromatic heterocycles. The molecule has 0 unspecified atom stereocenters. The van der Waals surface area contributed by atoms with E-state index in [1.807, 2.05) is 0 Å². The highest BCUT2D eigenvalue weighted by Crippen LogP contribution is 2.37. The summed E-state index contributed by atoms with van der Waals surface area (Å²) >= 11 is 0. The summed E-state index contributed by atoms with van der Waals surface area (Å²) in [5.41, 5.74) is 0. The average molecular weight is 436 g/mol. The van der Waals surface area contributed by atoms with Crippen molar-refractivity contribution in [2.75, 3.05) is 6.61 Å². The molecule has 2 aromatic rings. The zero-order valence-electron chi connectivity index (χ0n) is 14.0. The molecule has 0 fully saturated rings. The summed E-state index contributed by atoms with van der Waals surface area (Å²) in [6.45, 7) is 4.43. The molecule has 0 aliphatic carbocycles. The van der Waals surface area contributed by atoms with Gasteiger partial charge in [0, 0.05) is 5.39 Å². The van der Waals surface area contributed by atoms with E-state index in [0.717, 1.165) is 6.07 Å². The fourth-order valence-electron chi connectivity index (χ4n) is 2.34. The molecule has 0 aliphatic heterocycles. The van der Waals surface area contributed by atoms with Crippen molar-refractivity contribution in [2.24, 2.45) is 0 Å². The minimum Gasteiger partial charge on any atom is -0.388 e. The third-order valence-corrected chi connectivity index (χ3v) is 7.19. The van der Waals surface area contributed by atoms with E-state index in [1.54, 1.807) is 6.92 Å². The highest BCUT2D eigenvalue weighted by molar-refractivity contribution is 7.91.